The zero-order chi connectivity index (χ0) is 16.2. The van der Waals surface area contributed by atoms with E-state index in [1.165, 1.54) is 7.11 Å². The van der Waals surface area contributed by atoms with Gasteiger partial charge in [0.1, 0.15) is 11.3 Å². The number of amides is 1. The number of carbonyl (C=O) groups excluding carboxylic acids is 1. The first-order valence-electron chi connectivity index (χ1n) is 6.77. The Labute approximate surface area is 137 Å². The van der Waals surface area contributed by atoms with E-state index in [1.807, 2.05) is 24.3 Å². The molecule has 1 N–H and O–H groups in total. The summed E-state index contributed by atoms with van der Waals surface area (Å²) >= 11 is 6.09. The molecule has 3 aromatic rings. The molecule has 0 bridgehead atoms. The van der Waals surface area contributed by atoms with Crippen LogP contribution in [0.25, 0.3) is 11.1 Å². The summed E-state index contributed by atoms with van der Waals surface area (Å²) in [7, 11) is 1.28. The fourth-order valence-corrected chi connectivity index (χ4v) is 2.19. The third kappa shape index (κ3) is 3.54. The van der Waals surface area contributed by atoms with Gasteiger partial charge in [0, 0.05) is 6.07 Å². The molecule has 118 valence electrons. The van der Waals surface area contributed by atoms with E-state index in [4.69, 9.17) is 20.8 Å². The molecule has 0 aliphatic rings. The molecule has 0 unspecified atom stereocenters. The number of aromatic nitrogens is 1. The summed E-state index contributed by atoms with van der Waals surface area (Å²) < 4.78 is 15.7. The Balaban J connectivity index is 1.68. The van der Waals surface area contributed by atoms with E-state index in [9.17, 15) is 4.79 Å². The van der Waals surface area contributed by atoms with E-state index in [0.29, 0.717) is 27.9 Å². The van der Waals surface area contributed by atoms with Gasteiger partial charge in [0.05, 0.1) is 17.8 Å². The first-order chi connectivity index (χ1) is 11.2. The molecule has 0 aliphatic carbocycles. The highest BCUT2D eigenvalue weighted by Crippen LogP contribution is 2.27. The first-order valence-corrected chi connectivity index (χ1v) is 7.15. The molecule has 3 rings (SSSR count). The van der Waals surface area contributed by atoms with Crippen LogP contribution in [0.4, 0.5) is 10.5 Å². The summed E-state index contributed by atoms with van der Waals surface area (Å²) in [4.78, 5) is 15.5. The molecule has 23 heavy (non-hydrogen) atoms. The van der Waals surface area contributed by atoms with Gasteiger partial charge in [-0.15, -0.1) is 0 Å². The molecular weight excluding hydrogens is 320 g/mol. The predicted molar refractivity (Wildman–Crippen MR) is 85.8 cm³/mol. The van der Waals surface area contributed by atoms with Gasteiger partial charge >= 0.3 is 6.09 Å². The van der Waals surface area contributed by atoms with Crippen LogP contribution in [0.5, 0.6) is 5.75 Å². The fourth-order valence-electron chi connectivity index (χ4n) is 1.97. The summed E-state index contributed by atoms with van der Waals surface area (Å²) in [6, 6.07) is 12.4. The first kappa shape index (κ1) is 15.2. The molecule has 1 heterocycles. The van der Waals surface area contributed by atoms with E-state index in [1.54, 1.807) is 18.2 Å². The van der Waals surface area contributed by atoms with Crippen molar-refractivity contribution >= 4 is 34.5 Å². The zero-order valence-electron chi connectivity index (χ0n) is 12.2. The molecule has 0 saturated carbocycles. The van der Waals surface area contributed by atoms with Crippen molar-refractivity contribution in [2.24, 2.45) is 0 Å². The maximum Gasteiger partial charge on any atom is 0.411 e. The number of nitrogens with zero attached hydrogens (tertiary/aromatic N) is 1. The van der Waals surface area contributed by atoms with Gasteiger partial charge in [-0.2, -0.15) is 0 Å². The van der Waals surface area contributed by atoms with Gasteiger partial charge in [0.2, 0.25) is 5.89 Å². The molecule has 0 fully saturated rings. The number of rotatable bonds is 4. The monoisotopic (exact) mass is 332 g/mol. The number of anilines is 1. The highest BCUT2D eigenvalue weighted by Gasteiger charge is 2.09. The molecule has 0 atom stereocenters. The second kappa shape index (κ2) is 6.58. The Kier molecular flexibility index (Phi) is 4.34. The van der Waals surface area contributed by atoms with Gasteiger partial charge < -0.3 is 13.9 Å². The maximum absolute atomic E-state index is 11.2. The number of methoxy groups -OCH3 is 1. The summed E-state index contributed by atoms with van der Waals surface area (Å²) in [5, 5.41) is 2.84. The van der Waals surface area contributed by atoms with E-state index >= 15 is 0 Å². The third-order valence-corrected chi connectivity index (χ3v) is 3.38. The lowest BCUT2D eigenvalue weighted by Gasteiger charge is -2.08. The number of nitrogens with one attached hydrogen (secondary N) is 1. The standard InChI is InChI=1S/C16H13ClN2O4/c1-21-16(20)19-12-7-6-10(8-11(12)17)22-9-15-18-13-4-2-3-5-14(13)23-15/h2-8H,9H2,1H3,(H,19,20). The molecule has 0 aliphatic heterocycles. The van der Waals surface area contributed by atoms with Gasteiger partial charge in [-0.25, -0.2) is 9.78 Å². The largest absolute Gasteiger partial charge is 0.484 e. The van der Waals surface area contributed by atoms with Crippen LogP contribution in [-0.4, -0.2) is 18.2 Å². The van der Waals surface area contributed by atoms with Gasteiger partial charge in [0.25, 0.3) is 0 Å². The number of ether oxygens (including phenoxy) is 2. The van der Waals surface area contributed by atoms with Gasteiger partial charge in [-0.3, -0.25) is 5.32 Å². The minimum absolute atomic E-state index is 0.175. The summed E-state index contributed by atoms with van der Waals surface area (Å²) in [5.74, 6) is 1.01. The van der Waals surface area contributed by atoms with Crippen LogP contribution >= 0.6 is 11.6 Å². The van der Waals surface area contributed by atoms with E-state index < -0.39 is 6.09 Å². The normalized spacial score (nSPS) is 10.5. The summed E-state index contributed by atoms with van der Waals surface area (Å²) in [6.45, 7) is 0.175. The number of hydrogen-bond donors (Lipinski definition) is 1. The number of halogens is 1. The number of benzene rings is 2. The minimum atomic E-state index is -0.591. The van der Waals surface area contributed by atoms with Crippen LogP contribution in [0, 0.1) is 0 Å². The van der Waals surface area contributed by atoms with Crippen LogP contribution in [0.2, 0.25) is 5.02 Å². The molecule has 6 nitrogen and oxygen atoms in total. The van der Waals surface area contributed by atoms with Crippen LogP contribution in [0.3, 0.4) is 0 Å². The quantitative estimate of drug-likeness (QED) is 0.773. The summed E-state index contributed by atoms with van der Waals surface area (Å²) in [6.07, 6.45) is -0.591. The van der Waals surface area contributed by atoms with Crippen molar-refractivity contribution in [3.05, 3.63) is 53.4 Å². The van der Waals surface area contributed by atoms with Crippen molar-refractivity contribution in [1.29, 1.82) is 0 Å². The van der Waals surface area contributed by atoms with Crippen LogP contribution in [0.15, 0.2) is 46.9 Å². The second-order valence-corrected chi connectivity index (χ2v) is 5.03. The molecule has 1 amide bonds. The minimum Gasteiger partial charge on any atom is -0.484 e. The molecule has 0 saturated heterocycles. The predicted octanol–water partition coefficient (Wildman–Crippen LogP) is 4.24. The average Bonchev–Trinajstić information content (AvgIpc) is 2.98. The molecule has 0 spiro atoms. The van der Waals surface area contributed by atoms with Crippen LogP contribution in [0.1, 0.15) is 5.89 Å². The maximum atomic E-state index is 11.2. The number of fused-ring (bicyclic) bond motifs is 1. The van der Waals surface area contributed by atoms with Crippen molar-refractivity contribution < 1.29 is 18.7 Å². The Hall–Kier alpha value is -2.73. The van der Waals surface area contributed by atoms with Crippen LogP contribution < -0.4 is 10.1 Å². The summed E-state index contributed by atoms with van der Waals surface area (Å²) in [5.41, 5.74) is 1.93. The number of para-hydroxylation sites is 2. The number of oxazole rings is 1. The van der Waals surface area contributed by atoms with Crippen molar-refractivity contribution in [2.45, 2.75) is 6.61 Å². The highest BCUT2D eigenvalue weighted by molar-refractivity contribution is 6.33. The lowest BCUT2D eigenvalue weighted by atomic mass is 10.3. The lowest BCUT2D eigenvalue weighted by Crippen LogP contribution is -2.11. The van der Waals surface area contributed by atoms with Crippen molar-refractivity contribution in [1.82, 2.24) is 4.98 Å². The lowest BCUT2D eigenvalue weighted by molar-refractivity contribution is 0.187. The second-order valence-electron chi connectivity index (χ2n) is 4.62. The molecule has 7 heteroatoms. The Morgan fingerprint density at radius 1 is 1.30 bits per heavy atom. The average molecular weight is 333 g/mol. The fraction of sp³-hybridized carbons (Fsp3) is 0.125. The SMILES string of the molecule is COC(=O)Nc1ccc(OCc2nc3ccccc3o2)cc1Cl. The van der Waals surface area contributed by atoms with Crippen molar-refractivity contribution in [2.75, 3.05) is 12.4 Å². The molecular formula is C16H13ClN2O4. The third-order valence-electron chi connectivity index (χ3n) is 3.06. The number of hydrogen-bond acceptors (Lipinski definition) is 5. The van der Waals surface area contributed by atoms with E-state index in [0.717, 1.165) is 5.52 Å². The smallest absolute Gasteiger partial charge is 0.411 e. The van der Waals surface area contributed by atoms with Crippen LogP contribution in [-0.2, 0) is 11.3 Å². The molecule has 2 aromatic carbocycles. The molecule has 0 radical (unpaired) electrons. The highest BCUT2D eigenvalue weighted by atomic mass is 35.5. The Morgan fingerprint density at radius 2 is 2.13 bits per heavy atom. The van der Waals surface area contributed by atoms with Gasteiger partial charge in [0.15, 0.2) is 12.2 Å². The molecule has 1 aromatic heterocycles. The van der Waals surface area contributed by atoms with Gasteiger partial charge in [-0.1, -0.05) is 23.7 Å². The van der Waals surface area contributed by atoms with Gasteiger partial charge in [-0.05, 0) is 24.3 Å². The van der Waals surface area contributed by atoms with Crippen molar-refractivity contribution in [3.8, 4) is 5.75 Å². The van der Waals surface area contributed by atoms with E-state index in [2.05, 4.69) is 15.0 Å². The number of carbonyl (C=O) groups is 1. The van der Waals surface area contributed by atoms with Crippen molar-refractivity contribution in [3.63, 3.8) is 0 Å². The topological polar surface area (TPSA) is 73.6 Å². The Morgan fingerprint density at radius 3 is 2.87 bits per heavy atom. The zero-order valence-corrected chi connectivity index (χ0v) is 13.0. The Bertz CT molecular complexity index is 814. The van der Waals surface area contributed by atoms with E-state index in [-0.39, 0.29) is 6.61 Å².